The maximum atomic E-state index is 11.7. The fourth-order valence-electron chi connectivity index (χ4n) is 3.75. The van der Waals surface area contributed by atoms with Crippen molar-refractivity contribution in [1.82, 2.24) is 4.90 Å². The van der Waals surface area contributed by atoms with E-state index in [1.807, 2.05) is 68.6 Å². The predicted molar refractivity (Wildman–Crippen MR) is 124 cm³/mol. The number of hydrogen-bond donors (Lipinski definition) is 0. The molecule has 162 valence electrons. The molecular weight excluding hydrogens is 386 g/mol. The third-order valence-electron chi connectivity index (χ3n) is 5.34. The van der Waals surface area contributed by atoms with Gasteiger partial charge in [-0.05, 0) is 30.7 Å². The number of ether oxygens (including phenoxy) is 2. The highest BCUT2D eigenvalue weighted by Crippen LogP contribution is 2.40. The Hall–Kier alpha value is -2.95. The van der Waals surface area contributed by atoms with Crippen molar-refractivity contribution in [3.8, 4) is 0 Å². The highest BCUT2D eigenvalue weighted by atomic mass is 16.5. The lowest BCUT2D eigenvalue weighted by molar-refractivity contribution is -0.143. The molecule has 4 nitrogen and oxygen atoms in total. The van der Waals surface area contributed by atoms with Gasteiger partial charge in [-0.1, -0.05) is 91.0 Å². The Bertz CT molecular complexity index is 816. The van der Waals surface area contributed by atoms with Crippen LogP contribution in [0.1, 0.15) is 30.0 Å². The minimum atomic E-state index is -0.717. The zero-order valence-electron chi connectivity index (χ0n) is 18.4. The number of likely N-dealkylation sites (N-methyl/N-ethyl adjacent to an activating group) is 1. The molecule has 4 heteroatoms. The molecule has 3 aromatic carbocycles. The van der Waals surface area contributed by atoms with E-state index in [4.69, 9.17) is 9.47 Å². The molecule has 31 heavy (non-hydrogen) atoms. The number of carbonyl (C=O) groups is 1. The molecule has 3 aromatic rings. The molecular formula is C27H31NO3. The highest BCUT2D eigenvalue weighted by Gasteiger charge is 2.37. The van der Waals surface area contributed by atoms with Crippen LogP contribution in [-0.2, 0) is 19.9 Å². The average molecular weight is 418 g/mol. The first-order valence-corrected chi connectivity index (χ1v) is 10.8. The lowest BCUT2D eigenvalue weighted by atomic mass is 9.80. The van der Waals surface area contributed by atoms with E-state index in [1.165, 1.54) is 0 Å². The van der Waals surface area contributed by atoms with Crippen LogP contribution in [0.2, 0.25) is 0 Å². The summed E-state index contributed by atoms with van der Waals surface area (Å²) in [4.78, 5) is 13.8. The van der Waals surface area contributed by atoms with Crippen molar-refractivity contribution in [2.45, 2.75) is 18.9 Å². The fraction of sp³-hybridized carbons (Fsp3) is 0.296. The van der Waals surface area contributed by atoms with Crippen LogP contribution in [0.4, 0.5) is 0 Å². The van der Waals surface area contributed by atoms with Gasteiger partial charge >= 0.3 is 5.97 Å². The standard InChI is InChI=1S/C27H31NO3/c1-3-30-26(29)19-20-28(2)21-22-31-27(23-13-7-4-8-14-23,24-15-9-5-10-16-24)25-17-11-6-12-18-25/h4-18H,3,19-22H2,1-2H3. The Morgan fingerprint density at radius 1 is 0.774 bits per heavy atom. The Morgan fingerprint density at radius 3 is 1.65 bits per heavy atom. The van der Waals surface area contributed by atoms with Gasteiger partial charge in [0, 0.05) is 13.1 Å². The highest BCUT2D eigenvalue weighted by molar-refractivity contribution is 5.69. The van der Waals surface area contributed by atoms with Gasteiger partial charge in [0.1, 0.15) is 5.60 Å². The summed E-state index contributed by atoms with van der Waals surface area (Å²) in [6.07, 6.45) is 0.380. The lowest BCUT2D eigenvalue weighted by Crippen LogP contribution is -2.36. The molecule has 0 fully saturated rings. The molecule has 0 spiro atoms. The van der Waals surface area contributed by atoms with Crippen molar-refractivity contribution in [1.29, 1.82) is 0 Å². The van der Waals surface area contributed by atoms with Crippen LogP contribution < -0.4 is 0 Å². The monoisotopic (exact) mass is 417 g/mol. The number of hydrogen-bond acceptors (Lipinski definition) is 4. The SMILES string of the molecule is CCOC(=O)CCN(C)CCOC(c1ccccc1)(c1ccccc1)c1ccccc1. The third kappa shape index (κ3) is 5.81. The van der Waals surface area contributed by atoms with E-state index in [0.29, 0.717) is 32.7 Å². The summed E-state index contributed by atoms with van der Waals surface area (Å²) in [5.41, 5.74) is 2.54. The van der Waals surface area contributed by atoms with E-state index in [-0.39, 0.29) is 5.97 Å². The van der Waals surface area contributed by atoms with Gasteiger partial charge in [0.05, 0.1) is 19.6 Å². The molecule has 0 aliphatic carbocycles. The maximum Gasteiger partial charge on any atom is 0.307 e. The van der Waals surface area contributed by atoms with Crippen LogP contribution in [0.25, 0.3) is 0 Å². The van der Waals surface area contributed by atoms with E-state index in [0.717, 1.165) is 16.7 Å². The summed E-state index contributed by atoms with van der Waals surface area (Å²) >= 11 is 0. The van der Waals surface area contributed by atoms with E-state index >= 15 is 0 Å². The minimum Gasteiger partial charge on any atom is -0.466 e. The Kier molecular flexibility index (Phi) is 8.39. The zero-order chi connectivity index (χ0) is 21.9. The number of esters is 1. The Morgan fingerprint density at radius 2 is 1.23 bits per heavy atom. The zero-order valence-corrected chi connectivity index (χ0v) is 18.4. The molecule has 0 amide bonds. The van der Waals surface area contributed by atoms with E-state index in [2.05, 4.69) is 41.3 Å². The first kappa shape index (κ1) is 22.7. The molecule has 0 saturated heterocycles. The first-order chi connectivity index (χ1) is 15.2. The first-order valence-electron chi connectivity index (χ1n) is 10.8. The smallest absolute Gasteiger partial charge is 0.307 e. The fourth-order valence-corrected chi connectivity index (χ4v) is 3.75. The molecule has 0 aliphatic heterocycles. The number of rotatable bonds is 11. The van der Waals surface area contributed by atoms with Gasteiger partial charge in [-0.25, -0.2) is 0 Å². The summed E-state index contributed by atoms with van der Waals surface area (Å²) < 4.78 is 11.8. The normalized spacial score (nSPS) is 11.5. The van der Waals surface area contributed by atoms with Crippen molar-refractivity contribution in [2.75, 3.05) is 33.4 Å². The van der Waals surface area contributed by atoms with Gasteiger partial charge in [-0.3, -0.25) is 4.79 Å². The van der Waals surface area contributed by atoms with E-state index in [9.17, 15) is 4.79 Å². The Labute approximate surface area is 185 Å². The largest absolute Gasteiger partial charge is 0.466 e. The molecule has 0 bridgehead atoms. The summed E-state index contributed by atoms with van der Waals surface area (Å²) in [5, 5.41) is 0. The third-order valence-corrected chi connectivity index (χ3v) is 5.34. The summed E-state index contributed by atoms with van der Waals surface area (Å²) in [6, 6.07) is 31.0. The van der Waals surface area contributed by atoms with Crippen molar-refractivity contribution < 1.29 is 14.3 Å². The molecule has 0 heterocycles. The molecule has 0 aliphatic rings. The molecule has 0 saturated carbocycles. The maximum absolute atomic E-state index is 11.7. The molecule has 0 aromatic heterocycles. The van der Waals surface area contributed by atoms with Crippen LogP contribution in [0.5, 0.6) is 0 Å². The van der Waals surface area contributed by atoms with Gasteiger partial charge in [-0.15, -0.1) is 0 Å². The van der Waals surface area contributed by atoms with Crippen LogP contribution in [0.3, 0.4) is 0 Å². The summed E-state index contributed by atoms with van der Waals surface area (Å²) in [6.45, 7) is 4.09. The molecule has 0 atom stereocenters. The summed E-state index contributed by atoms with van der Waals surface area (Å²) in [7, 11) is 2.00. The van der Waals surface area contributed by atoms with Gasteiger partial charge in [0.15, 0.2) is 0 Å². The van der Waals surface area contributed by atoms with Crippen LogP contribution in [-0.4, -0.2) is 44.2 Å². The van der Waals surface area contributed by atoms with Crippen molar-refractivity contribution in [3.63, 3.8) is 0 Å². The van der Waals surface area contributed by atoms with Crippen LogP contribution >= 0.6 is 0 Å². The minimum absolute atomic E-state index is 0.164. The predicted octanol–water partition coefficient (Wildman–Crippen LogP) is 4.88. The van der Waals surface area contributed by atoms with Crippen molar-refractivity contribution in [3.05, 3.63) is 108 Å². The molecule has 0 radical (unpaired) electrons. The second-order valence-electron chi connectivity index (χ2n) is 7.49. The van der Waals surface area contributed by atoms with E-state index < -0.39 is 5.60 Å². The van der Waals surface area contributed by atoms with Crippen molar-refractivity contribution in [2.24, 2.45) is 0 Å². The number of nitrogens with zero attached hydrogens (tertiary/aromatic N) is 1. The second kappa shape index (κ2) is 11.4. The Balaban J connectivity index is 1.86. The number of carbonyl (C=O) groups excluding carboxylic acids is 1. The van der Waals surface area contributed by atoms with Gasteiger partial charge in [-0.2, -0.15) is 0 Å². The van der Waals surface area contributed by atoms with E-state index in [1.54, 1.807) is 0 Å². The van der Waals surface area contributed by atoms with Crippen LogP contribution in [0.15, 0.2) is 91.0 Å². The quantitative estimate of drug-likeness (QED) is 0.329. The second-order valence-corrected chi connectivity index (χ2v) is 7.49. The topological polar surface area (TPSA) is 38.8 Å². The van der Waals surface area contributed by atoms with Crippen LogP contribution in [0, 0.1) is 0 Å². The number of benzene rings is 3. The van der Waals surface area contributed by atoms with Crippen molar-refractivity contribution >= 4 is 5.97 Å². The average Bonchev–Trinajstić information content (AvgIpc) is 2.82. The van der Waals surface area contributed by atoms with Gasteiger partial charge in [0.2, 0.25) is 0 Å². The summed E-state index contributed by atoms with van der Waals surface area (Å²) in [5.74, 6) is -0.164. The molecule has 0 unspecified atom stereocenters. The molecule has 3 rings (SSSR count). The lowest BCUT2D eigenvalue weighted by Gasteiger charge is -2.36. The molecule has 0 N–H and O–H groups in total. The van der Waals surface area contributed by atoms with Gasteiger partial charge < -0.3 is 14.4 Å². The van der Waals surface area contributed by atoms with Gasteiger partial charge in [0.25, 0.3) is 0 Å².